The molecule has 0 radical (unpaired) electrons. The number of aromatic nitrogens is 2. The lowest BCUT2D eigenvalue weighted by atomic mass is 9.68. The fourth-order valence-corrected chi connectivity index (χ4v) is 4.88. The quantitative estimate of drug-likeness (QED) is 0.479. The van der Waals surface area contributed by atoms with Crippen LogP contribution in [-0.4, -0.2) is 16.8 Å². The lowest BCUT2D eigenvalue weighted by Gasteiger charge is -2.37. The van der Waals surface area contributed by atoms with Gasteiger partial charge in [0, 0.05) is 5.56 Å². The first-order chi connectivity index (χ1) is 13.6. The van der Waals surface area contributed by atoms with Crippen molar-refractivity contribution in [2.24, 2.45) is 23.7 Å². The third-order valence-electron chi connectivity index (χ3n) is 6.57. The largest absolute Gasteiger partial charge is 0.494 e. The third-order valence-corrected chi connectivity index (χ3v) is 6.57. The zero-order valence-corrected chi connectivity index (χ0v) is 18.2. The van der Waals surface area contributed by atoms with E-state index in [0.29, 0.717) is 0 Å². The van der Waals surface area contributed by atoms with E-state index in [-0.39, 0.29) is 0 Å². The number of aromatic amines is 1. The lowest BCUT2D eigenvalue weighted by Crippen LogP contribution is -2.28. The SMILES string of the molecule is CCCCOc1ccc(-c2[nH]ncc2CC[C@@H]2C[C@H](C)CC[C@H]2C(C)C)cc1. The van der Waals surface area contributed by atoms with Gasteiger partial charge in [-0.1, -0.05) is 40.5 Å². The summed E-state index contributed by atoms with van der Waals surface area (Å²) in [6, 6.07) is 8.45. The van der Waals surface area contributed by atoms with Gasteiger partial charge in [-0.05, 0) is 85.6 Å². The number of ether oxygens (including phenoxy) is 1. The molecule has 0 bridgehead atoms. The molecule has 0 spiro atoms. The molecule has 1 N–H and O–H groups in total. The van der Waals surface area contributed by atoms with Crippen LogP contribution in [-0.2, 0) is 6.42 Å². The summed E-state index contributed by atoms with van der Waals surface area (Å²) in [5.74, 6) is 4.35. The molecule has 1 heterocycles. The maximum absolute atomic E-state index is 5.79. The van der Waals surface area contributed by atoms with Gasteiger partial charge < -0.3 is 4.74 Å². The number of hydrogen-bond acceptors (Lipinski definition) is 2. The van der Waals surface area contributed by atoms with Crippen molar-refractivity contribution in [3.05, 3.63) is 36.0 Å². The minimum atomic E-state index is 0.793. The van der Waals surface area contributed by atoms with Crippen molar-refractivity contribution < 1.29 is 4.74 Å². The standard InChI is InChI=1S/C25H38N2O/c1-5-6-15-28-23-12-10-20(11-13-23)25-22(17-26-27-25)9-8-21-16-19(4)7-14-24(21)18(2)3/h10-13,17-19,21,24H,5-9,14-16H2,1-4H3,(H,26,27)/t19-,21-,24+/m1/s1. The second kappa shape index (κ2) is 10.1. The van der Waals surface area contributed by atoms with E-state index < -0.39 is 0 Å². The minimum absolute atomic E-state index is 0.793. The van der Waals surface area contributed by atoms with E-state index in [1.807, 2.05) is 6.20 Å². The molecule has 3 atom stereocenters. The van der Waals surface area contributed by atoms with Crippen molar-refractivity contribution >= 4 is 0 Å². The normalized spacial score (nSPS) is 22.5. The molecule has 0 amide bonds. The topological polar surface area (TPSA) is 37.9 Å². The van der Waals surface area contributed by atoms with Crippen molar-refractivity contribution in [3.63, 3.8) is 0 Å². The Bertz CT molecular complexity index is 704. The first-order valence-corrected chi connectivity index (χ1v) is 11.3. The number of H-pyrrole nitrogens is 1. The maximum Gasteiger partial charge on any atom is 0.119 e. The van der Waals surface area contributed by atoms with Crippen LogP contribution in [0.15, 0.2) is 30.5 Å². The molecule has 1 aliphatic rings. The highest BCUT2D eigenvalue weighted by Gasteiger charge is 2.30. The second-order valence-corrected chi connectivity index (χ2v) is 9.12. The van der Waals surface area contributed by atoms with Crippen LogP contribution in [0.5, 0.6) is 5.75 Å². The first-order valence-electron chi connectivity index (χ1n) is 11.3. The lowest BCUT2D eigenvalue weighted by molar-refractivity contribution is 0.136. The van der Waals surface area contributed by atoms with Gasteiger partial charge in [0.2, 0.25) is 0 Å². The van der Waals surface area contributed by atoms with E-state index in [0.717, 1.165) is 55.3 Å². The molecule has 3 heteroatoms. The van der Waals surface area contributed by atoms with Gasteiger partial charge in [0.25, 0.3) is 0 Å². The van der Waals surface area contributed by atoms with Crippen LogP contribution in [0.2, 0.25) is 0 Å². The van der Waals surface area contributed by atoms with Crippen molar-refractivity contribution in [2.45, 2.75) is 72.6 Å². The summed E-state index contributed by atoms with van der Waals surface area (Å²) < 4.78 is 5.79. The van der Waals surface area contributed by atoms with E-state index in [1.54, 1.807) is 0 Å². The van der Waals surface area contributed by atoms with Gasteiger partial charge >= 0.3 is 0 Å². The van der Waals surface area contributed by atoms with Crippen LogP contribution in [0.25, 0.3) is 11.3 Å². The summed E-state index contributed by atoms with van der Waals surface area (Å²) in [4.78, 5) is 0. The van der Waals surface area contributed by atoms with Crippen LogP contribution in [0, 0.1) is 23.7 Å². The predicted molar refractivity (Wildman–Crippen MR) is 118 cm³/mol. The molecule has 154 valence electrons. The average Bonchev–Trinajstić information content (AvgIpc) is 3.15. The monoisotopic (exact) mass is 382 g/mol. The molecule has 1 fully saturated rings. The number of rotatable bonds is 9. The number of aryl methyl sites for hydroxylation is 1. The number of unbranched alkanes of at least 4 members (excludes halogenated alkanes) is 1. The fraction of sp³-hybridized carbons (Fsp3) is 0.640. The van der Waals surface area contributed by atoms with E-state index >= 15 is 0 Å². The van der Waals surface area contributed by atoms with Crippen LogP contribution in [0.1, 0.15) is 71.8 Å². The Morgan fingerprint density at radius 2 is 1.96 bits per heavy atom. The Balaban J connectivity index is 1.63. The Kier molecular flexibility index (Phi) is 7.58. The Morgan fingerprint density at radius 1 is 1.18 bits per heavy atom. The summed E-state index contributed by atoms with van der Waals surface area (Å²) in [6.07, 6.45) is 10.9. The summed E-state index contributed by atoms with van der Waals surface area (Å²) in [5.41, 5.74) is 3.72. The fourth-order valence-electron chi connectivity index (χ4n) is 4.88. The van der Waals surface area contributed by atoms with Gasteiger partial charge in [0.1, 0.15) is 5.75 Å². The number of nitrogens with zero attached hydrogens (tertiary/aromatic N) is 1. The molecule has 1 aromatic heterocycles. The average molecular weight is 383 g/mol. The van der Waals surface area contributed by atoms with Crippen LogP contribution >= 0.6 is 0 Å². The van der Waals surface area contributed by atoms with Crippen LogP contribution in [0.4, 0.5) is 0 Å². The number of benzene rings is 1. The van der Waals surface area contributed by atoms with Gasteiger partial charge in [-0.2, -0.15) is 5.10 Å². The molecule has 0 aliphatic heterocycles. The molecule has 3 rings (SSSR count). The van der Waals surface area contributed by atoms with E-state index in [4.69, 9.17) is 4.74 Å². The van der Waals surface area contributed by atoms with E-state index in [9.17, 15) is 0 Å². The Labute approximate surface area is 171 Å². The summed E-state index contributed by atoms with van der Waals surface area (Å²) in [5, 5.41) is 7.59. The Morgan fingerprint density at radius 3 is 2.68 bits per heavy atom. The maximum atomic E-state index is 5.79. The van der Waals surface area contributed by atoms with Gasteiger partial charge in [-0.25, -0.2) is 0 Å². The van der Waals surface area contributed by atoms with Gasteiger partial charge in [0.05, 0.1) is 18.5 Å². The summed E-state index contributed by atoms with van der Waals surface area (Å²) >= 11 is 0. The molecular formula is C25H38N2O. The summed E-state index contributed by atoms with van der Waals surface area (Å²) in [6.45, 7) is 10.2. The molecule has 1 aromatic carbocycles. The van der Waals surface area contributed by atoms with Crippen molar-refractivity contribution in [2.75, 3.05) is 6.61 Å². The zero-order chi connectivity index (χ0) is 19.9. The highest BCUT2D eigenvalue weighted by atomic mass is 16.5. The number of hydrogen-bond donors (Lipinski definition) is 1. The highest BCUT2D eigenvalue weighted by Crippen LogP contribution is 2.40. The number of nitrogens with one attached hydrogen (secondary N) is 1. The molecule has 0 unspecified atom stereocenters. The van der Waals surface area contributed by atoms with Crippen LogP contribution < -0.4 is 4.74 Å². The van der Waals surface area contributed by atoms with Crippen molar-refractivity contribution in [3.8, 4) is 17.0 Å². The molecule has 3 nitrogen and oxygen atoms in total. The minimum Gasteiger partial charge on any atom is -0.494 e. The highest BCUT2D eigenvalue weighted by molar-refractivity contribution is 5.63. The van der Waals surface area contributed by atoms with Gasteiger partial charge in [-0.15, -0.1) is 0 Å². The zero-order valence-electron chi connectivity index (χ0n) is 18.2. The molecule has 1 aliphatic carbocycles. The Hall–Kier alpha value is -1.77. The van der Waals surface area contributed by atoms with Gasteiger partial charge in [0.15, 0.2) is 0 Å². The van der Waals surface area contributed by atoms with Crippen LogP contribution in [0.3, 0.4) is 0 Å². The van der Waals surface area contributed by atoms with Gasteiger partial charge in [-0.3, -0.25) is 5.10 Å². The smallest absolute Gasteiger partial charge is 0.119 e. The predicted octanol–water partition coefficient (Wildman–Crippen LogP) is 6.90. The molecule has 28 heavy (non-hydrogen) atoms. The molecule has 0 saturated heterocycles. The molecular weight excluding hydrogens is 344 g/mol. The third kappa shape index (κ3) is 5.40. The van der Waals surface area contributed by atoms with Crippen molar-refractivity contribution in [1.82, 2.24) is 10.2 Å². The molecule has 1 saturated carbocycles. The van der Waals surface area contributed by atoms with E-state index in [2.05, 4.69) is 62.2 Å². The van der Waals surface area contributed by atoms with Crippen molar-refractivity contribution in [1.29, 1.82) is 0 Å². The molecule has 2 aromatic rings. The first kappa shape index (κ1) is 21.0. The summed E-state index contributed by atoms with van der Waals surface area (Å²) in [7, 11) is 0. The van der Waals surface area contributed by atoms with E-state index in [1.165, 1.54) is 42.5 Å². The second-order valence-electron chi connectivity index (χ2n) is 9.12.